The van der Waals surface area contributed by atoms with Gasteiger partial charge in [-0.2, -0.15) is 0 Å². The van der Waals surface area contributed by atoms with Gasteiger partial charge in [-0.1, -0.05) is 30.3 Å². The Labute approximate surface area is 112 Å². The maximum absolute atomic E-state index is 11.9. The van der Waals surface area contributed by atoms with Crippen molar-refractivity contribution in [3.8, 4) is 0 Å². The van der Waals surface area contributed by atoms with E-state index in [9.17, 15) is 4.79 Å². The van der Waals surface area contributed by atoms with E-state index in [1.54, 1.807) is 6.26 Å². The van der Waals surface area contributed by atoms with Crippen molar-refractivity contribution in [3.63, 3.8) is 0 Å². The van der Waals surface area contributed by atoms with E-state index in [-0.39, 0.29) is 11.9 Å². The monoisotopic (exact) mass is 258 g/mol. The lowest BCUT2D eigenvalue weighted by molar-refractivity contribution is -0.121. The molecular formula is C15H18N2O2. The lowest BCUT2D eigenvalue weighted by Crippen LogP contribution is -2.31. The molecule has 1 atom stereocenters. The van der Waals surface area contributed by atoms with Crippen molar-refractivity contribution < 1.29 is 9.21 Å². The average Bonchev–Trinajstić information content (AvgIpc) is 2.97. The summed E-state index contributed by atoms with van der Waals surface area (Å²) < 4.78 is 5.43. The maximum Gasteiger partial charge on any atom is 0.222 e. The Morgan fingerprint density at radius 1 is 1.21 bits per heavy atom. The van der Waals surface area contributed by atoms with Crippen LogP contribution in [-0.4, -0.2) is 19.5 Å². The second kappa shape index (κ2) is 6.75. The van der Waals surface area contributed by atoms with Crippen LogP contribution in [0.3, 0.4) is 0 Å². The van der Waals surface area contributed by atoms with Crippen molar-refractivity contribution >= 4 is 5.91 Å². The van der Waals surface area contributed by atoms with E-state index in [1.165, 1.54) is 0 Å². The fourth-order valence-electron chi connectivity index (χ4n) is 1.89. The molecule has 0 radical (unpaired) electrons. The largest absolute Gasteiger partial charge is 0.467 e. The highest BCUT2D eigenvalue weighted by atomic mass is 16.3. The quantitative estimate of drug-likeness (QED) is 0.834. The molecule has 4 nitrogen and oxygen atoms in total. The summed E-state index contributed by atoms with van der Waals surface area (Å²) in [6, 6.07) is 13.3. The van der Waals surface area contributed by atoms with Crippen LogP contribution in [0.1, 0.15) is 23.8 Å². The zero-order valence-corrected chi connectivity index (χ0v) is 10.9. The lowest BCUT2D eigenvalue weighted by atomic mass is 10.0. The van der Waals surface area contributed by atoms with Crippen LogP contribution in [0, 0.1) is 0 Å². The number of rotatable bonds is 6. The molecule has 0 aliphatic heterocycles. The topological polar surface area (TPSA) is 54.3 Å². The third-order valence-electron chi connectivity index (χ3n) is 2.87. The number of amides is 1. The van der Waals surface area contributed by atoms with E-state index in [2.05, 4.69) is 10.6 Å². The molecule has 2 rings (SSSR count). The van der Waals surface area contributed by atoms with Crippen LogP contribution in [0.15, 0.2) is 53.1 Å². The summed E-state index contributed by atoms with van der Waals surface area (Å²) in [5.74, 6) is 0.739. The summed E-state index contributed by atoms with van der Waals surface area (Å²) in [5, 5.41) is 5.96. The first-order valence-corrected chi connectivity index (χ1v) is 6.33. The second-order valence-corrected chi connectivity index (χ2v) is 4.28. The number of furan rings is 1. The fourth-order valence-corrected chi connectivity index (χ4v) is 1.89. The Hall–Kier alpha value is -2.07. The van der Waals surface area contributed by atoms with Crippen molar-refractivity contribution in [2.24, 2.45) is 0 Å². The molecule has 1 unspecified atom stereocenters. The van der Waals surface area contributed by atoms with E-state index < -0.39 is 0 Å². The smallest absolute Gasteiger partial charge is 0.222 e. The molecule has 1 aromatic carbocycles. The van der Waals surface area contributed by atoms with Crippen LogP contribution in [0.2, 0.25) is 0 Å². The highest BCUT2D eigenvalue weighted by molar-refractivity contribution is 5.77. The molecule has 1 aromatic heterocycles. The van der Waals surface area contributed by atoms with Gasteiger partial charge in [0.15, 0.2) is 0 Å². The third kappa shape index (κ3) is 3.69. The summed E-state index contributed by atoms with van der Waals surface area (Å²) >= 11 is 0. The summed E-state index contributed by atoms with van der Waals surface area (Å²) in [4.78, 5) is 11.9. The van der Waals surface area contributed by atoms with Gasteiger partial charge in [0.25, 0.3) is 0 Å². The van der Waals surface area contributed by atoms with Crippen LogP contribution in [0.5, 0.6) is 0 Å². The van der Waals surface area contributed by atoms with Gasteiger partial charge >= 0.3 is 0 Å². The highest BCUT2D eigenvalue weighted by Crippen LogP contribution is 2.22. The van der Waals surface area contributed by atoms with Crippen LogP contribution >= 0.6 is 0 Å². The van der Waals surface area contributed by atoms with Gasteiger partial charge in [-0.15, -0.1) is 0 Å². The molecule has 0 saturated carbocycles. The normalized spacial score (nSPS) is 12.1. The zero-order valence-electron chi connectivity index (χ0n) is 10.9. The first-order chi connectivity index (χ1) is 9.31. The molecule has 100 valence electrons. The van der Waals surface area contributed by atoms with E-state index in [0.717, 1.165) is 11.3 Å². The molecule has 2 N–H and O–H groups in total. The van der Waals surface area contributed by atoms with Gasteiger partial charge in [-0.05, 0) is 24.7 Å². The van der Waals surface area contributed by atoms with Gasteiger partial charge in [-0.3, -0.25) is 4.79 Å². The zero-order chi connectivity index (χ0) is 13.5. The summed E-state index contributed by atoms with van der Waals surface area (Å²) in [7, 11) is 1.83. The van der Waals surface area contributed by atoms with E-state index in [1.807, 2.05) is 49.5 Å². The minimum Gasteiger partial charge on any atom is -0.467 e. The number of carbonyl (C=O) groups is 1. The first kappa shape index (κ1) is 13.4. The van der Waals surface area contributed by atoms with Crippen molar-refractivity contribution in [3.05, 3.63) is 60.1 Å². The molecule has 19 heavy (non-hydrogen) atoms. The Kier molecular flexibility index (Phi) is 4.75. The minimum atomic E-state index is -0.236. The number of carbonyl (C=O) groups excluding carboxylic acids is 1. The van der Waals surface area contributed by atoms with Gasteiger partial charge in [0.05, 0.1) is 6.26 Å². The average molecular weight is 258 g/mol. The van der Waals surface area contributed by atoms with Crippen molar-refractivity contribution in [2.45, 2.75) is 12.5 Å². The number of hydrogen-bond donors (Lipinski definition) is 2. The molecule has 0 fully saturated rings. The van der Waals surface area contributed by atoms with Gasteiger partial charge in [0.1, 0.15) is 11.8 Å². The lowest BCUT2D eigenvalue weighted by Gasteiger charge is -2.17. The second-order valence-electron chi connectivity index (χ2n) is 4.28. The van der Waals surface area contributed by atoms with E-state index in [4.69, 9.17) is 4.42 Å². The molecule has 1 heterocycles. The maximum atomic E-state index is 11.9. The Morgan fingerprint density at radius 2 is 2.00 bits per heavy atom. The molecule has 2 aromatic rings. The molecule has 0 bridgehead atoms. The van der Waals surface area contributed by atoms with Gasteiger partial charge in [0.2, 0.25) is 5.91 Å². The third-order valence-corrected chi connectivity index (χ3v) is 2.87. The summed E-state index contributed by atoms with van der Waals surface area (Å²) in [6.07, 6.45) is 2.06. The molecule has 0 spiro atoms. The summed E-state index contributed by atoms with van der Waals surface area (Å²) in [6.45, 7) is 0.658. The number of hydrogen-bond acceptors (Lipinski definition) is 3. The van der Waals surface area contributed by atoms with Gasteiger partial charge in [0, 0.05) is 13.0 Å². The fraction of sp³-hybridized carbons (Fsp3) is 0.267. The Bertz CT molecular complexity index is 494. The number of nitrogens with one attached hydrogen (secondary N) is 2. The van der Waals surface area contributed by atoms with Crippen LogP contribution in [-0.2, 0) is 4.79 Å². The predicted octanol–water partition coefficient (Wildman–Crippen LogP) is 2.09. The minimum absolute atomic E-state index is 0.000368. The molecule has 0 aliphatic carbocycles. The highest BCUT2D eigenvalue weighted by Gasteiger charge is 2.18. The van der Waals surface area contributed by atoms with Gasteiger partial charge < -0.3 is 15.1 Å². The number of benzene rings is 1. The first-order valence-electron chi connectivity index (χ1n) is 6.33. The molecule has 0 aliphatic rings. The molecule has 4 heteroatoms. The van der Waals surface area contributed by atoms with Crippen molar-refractivity contribution in [1.29, 1.82) is 0 Å². The molecular weight excluding hydrogens is 240 g/mol. The van der Waals surface area contributed by atoms with Crippen LogP contribution < -0.4 is 10.6 Å². The standard InChI is InChI=1S/C15H18N2O2/c1-16-10-9-14(18)17-15(13-8-5-11-19-13)12-6-3-2-4-7-12/h2-8,11,15-16H,9-10H2,1H3,(H,17,18). The van der Waals surface area contributed by atoms with E-state index in [0.29, 0.717) is 13.0 Å². The SMILES string of the molecule is CNCCC(=O)NC(c1ccccc1)c1ccco1. The predicted molar refractivity (Wildman–Crippen MR) is 73.7 cm³/mol. The van der Waals surface area contributed by atoms with Gasteiger partial charge in [-0.25, -0.2) is 0 Å². The molecule has 0 saturated heterocycles. The molecule has 1 amide bonds. The Morgan fingerprint density at radius 3 is 2.63 bits per heavy atom. The van der Waals surface area contributed by atoms with Crippen LogP contribution in [0.25, 0.3) is 0 Å². The van der Waals surface area contributed by atoms with Crippen LogP contribution in [0.4, 0.5) is 0 Å². The van der Waals surface area contributed by atoms with Crippen molar-refractivity contribution in [2.75, 3.05) is 13.6 Å². The van der Waals surface area contributed by atoms with E-state index >= 15 is 0 Å². The summed E-state index contributed by atoms with van der Waals surface area (Å²) in [5.41, 5.74) is 1.01. The Balaban J connectivity index is 2.14. The van der Waals surface area contributed by atoms with Crippen molar-refractivity contribution in [1.82, 2.24) is 10.6 Å².